The van der Waals surface area contributed by atoms with Gasteiger partial charge in [-0.05, 0) is 13.0 Å². The summed E-state index contributed by atoms with van der Waals surface area (Å²) in [6, 6.07) is 0. The number of nitrogens with one attached hydrogen (secondary N) is 2. The molecule has 19 heavy (non-hydrogen) atoms. The molecule has 1 aliphatic heterocycles. The minimum atomic E-state index is 0.712. The maximum Gasteiger partial charge on any atom is 0.183 e. The molecule has 0 saturated carbocycles. The zero-order valence-electron chi connectivity index (χ0n) is 10.9. The van der Waals surface area contributed by atoms with Gasteiger partial charge in [0, 0.05) is 31.4 Å². The molecule has 0 aromatic carbocycles. The lowest BCUT2D eigenvalue weighted by molar-refractivity contribution is 0.725. The molecule has 0 atom stereocenters. The first-order chi connectivity index (χ1) is 9.33. The van der Waals surface area contributed by atoms with Gasteiger partial charge in [0.15, 0.2) is 5.13 Å². The summed E-state index contributed by atoms with van der Waals surface area (Å²) in [5.41, 5.74) is 7.77. The van der Waals surface area contributed by atoms with Crippen LogP contribution in [0.3, 0.4) is 0 Å². The Morgan fingerprint density at radius 3 is 3.26 bits per heavy atom. The van der Waals surface area contributed by atoms with Gasteiger partial charge >= 0.3 is 0 Å². The molecule has 1 aliphatic rings. The van der Waals surface area contributed by atoms with E-state index in [0.717, 1.165) is 48.1 Å². The van der Waals surface area contributed by atoms with Gasteiger partial charge < -0.3 is 16.0 Å². The van der Waals surface area contributed by atoms with Crippen LogP contribution in [0.4, 0.5) is 10.9 Å². The molecule has 3 rings (SSSR count). The summed E-state index contributed by atoms with van der Waals surface area (Å²) in [4.78, 5) is 8.30. The molecule has 0 unspecified atom stereocenters. The summed E-state index contributed by atoms with van der Waals surface area (Å²) in [5.74, 6) is 1.07. The van der Waals surface area contributed by atoms with E-state index in [1.54, 1.807) is 11.3 Å². The van der Waals surface area contributed by atoms with Crippen LogP contribution in [0, 0.1) is 0 Å². The second-order valence-electron chi connectivity index (χ2n) is 4.55. The van der Waals surface area contributed by atoms with Crippen molar-refractivity contribution in [2.24, 2.45) is 5.73 Å². The number of rotatable bonds is 4. The fourth-order valence-corrected chi connectivity index (χ4v) is 3.30. The van der Waals surface area contributed by atoms with Crippen molar-refractivity contribution in [2.45, 2.75) is 12.8 Å². The highest BCUT2D eigenvalue weighted by Crippen LogP contribution is 2.38. The van der Waals surface area contributed by atoms with Crippen LogP contribution >= 0.6 is 11.3 Å². The zero-order chi connectivity index (χ0) is 13.2. The molecule has 0 spiro atoms. The fourth-order valence-electron chi connectivity index (χ4n) is 2.39. The van der Waals surface area contributed by atoms with Gasteiger partial charge in [0.05, 0.1) is 17.5 Å². The minimum absolute atomic E-state index is 0.712. The van der Waals surface area contributed by atoms with Crippen molar-refractivity contribution in [2.75, 3.05) is 36.9 Å². The number of hydrogen-bond acceptors (Lipinski definition) is 6. The Hall–Kier alpha value is -1.60. The van der Waals surface area contributed by atoms with Crippen LogP contribution < -0.4 is 16.0 Å². The van der Waals surface area contributed by atoms with Crippen LogP contribution in [0.5, 0.6) is 0 Å². The summed E-state index contributed by atoms with van der Waals surface area (Å²) in [6.07, 6.45) is 3.87. The zero-order valence-corrected chi connectivity index (χ0v) is 11.8. The van der Waals surface area contributed by atoms with Crippen molar-refractivity contribution < 1.29 is 0 Å². The molecule has 3 heterocycles. The predicted molar refractivity (Wildman–Crippen MR) is 78.8 cm³/mol. The van der Waals surface area contributed by atoms with Gasteiger partial charge in [-0.2, -0.15) is 5.10 Å². The topological polar surface area (TPSA) is 82.9 Å². The number of H-pyrrole nitrogens is 1. The molecular weight excluding hydrogens is 260 g/mol. The number of aromatic amines is 1. The lowest BCUT2D eigenvalue weighted by Gasteiger charge is -2.21. The number of aromatic nitrogens is 3. The van der Waals surface area contributed by atoms with Crippen LogP contribution in [0.1, 0.15) is 11.3 Å². The lowest BCUT2D eigenvalue weighted by Crippen LogP contribution is -2.28. The molecule has 6 nitrogen and oxygen atoms in total. The molecule has 0 radical (unpaired) electrons. The van der Waals surface area contributed by atoms with E-state index < -0.39 is 0 Å². The summed E-state index contributed by atoms with van der Waals surface area (Å²) >= 11 is 1.73. The van der Waals surface area contributed by atoms with Gasteiger partial charge in [-0.25, -0.2) is 4.98 Å². The first-order valence-corrected chi connectivity index (χ1v) is 7.31. The molecule has 2 aromatic rings. The summed E-state index contributed by atoms with van der Waals surface area (Å²) in [7, 11) is 1.90. The maximum atomic E-state index is 5.61. The Morgan fingerprint density at radius 1 is 1.58 bits per heavy atom. The quantitative estimate of drug-likeness (QED) is 0.785. The van der Waals surface area contributed by atoms with Gasteiger partial charge in [0.25, 0.3) is 0 Å². The molecule has 4 N–H and O–H groups in total. The Bertz CT molecular complexity index is 560. The fraction of sp³-hybridized carbons (Fsp3) is 0.500. The van der Waals surface area contributed by atoms with Crippen LogP contribution in [0.15, 0.2) is 6.20 Å². The predicted octanol–water partition coefficient (Wildman–Crippen LogP) is 1.29. The molecule has 0 saturated heterocycles. The molecule has 2 aromatic heterocycles. The second kappa shape index (κ2) is 5.18. The van der Waals surface area contributed by atoms with Crippen molar-refractivity contribution in [3.63, 3.8) is 0 Å². The highest BCUT2D eigenvalue weighted by molar-refractivity contribution is 7.16. The average Bonchev–Trinajstić information content (AvgIpc) is 3.02. The maximum absolute atomic E-state index is 5.61. The first-order valence-electron chi connectivity index (χ1n) is 6.49. The van der Waals surface area contributed by atoms with E-state index in [2.05, 4.69) is 25.4 Å². The third kappa shape index (κ3) is 2.19. The van der Waals surface area contributed by atoms with Gasteiger partial charge in [0.2, 0.25) is 0 Å². The highest BCUT2D eigenvalue weighted by Gasteiger charge is 2.24. The molecule has 0 amide bonds. The number of anilines is 2. The largest absolute Gasteiger partial charge is 0.365 e. The van der Waals surface area contributed by atoms with Crippen LogP contribution in [-0.2, 0) is 6.42 Å². The van der Waals surface area contributed by atoms with Crippen molar-refractivity contribution in [1.82, 2.24) is 15.2 Å². The van der Waals surface area contributed by atoms with Crippen molar-refractivity contribution in [3.8, 4) is 11.3 Å². The van der Waals surface area contributed by atoms with E-state index >= 15 is 0 Å². The van der Waals surface area contributed by atoms with Gasteiger partial charge in [0.1, 0.15) is 5.82 Å². The average molecular weight is 278 g/mol. The first kappa shape index (κ1) is 12.4. The Labute approximate surface area is 116 Å². The number of hydrogen-bond donors (Lipinski definition) is 3. The van der Waals surface area contributed by atoms with Crippen LogP contribution in [0.25, 0.3) is 11.3 Å². The summed E-state index contributed by atoms with van der Waals surface area (Å²) < 4.78 is 0. The van der Waals surface area contributed by atoms with Gasteiger partial charge in [-0.15, -0.1) is 11.3 Å². The van der Waals surface area contributed by atoms with E-state index in [-0.39, 0.29) is 0 Å². The second-order valence-corrected chi connectivity index (χ2v) is 5.64. The SMILES string of the molecule is CNc1nc2c(s1)CCN(CCCN)c1[nH]ncc1-2. The van der Waals surface area contributed by atoms with Gasteiger partial charge in [-0.3, -0.25) is 5.10 Å². The molecule has 0 fully saturated rings. The molecule has 0 bridgehead atoms. The highest BCUT2D eigenvalue weighted by atomic mass is 32.1. The molecule has 0 aliphatic carbocycles. The van der Waals surface area contributed by atoms with Crippen LogP contribution in [-0.4, -0.2) is 41.9 Å². The van der Waals surface area contributed by atoms with Crippen molar-refractivity contribution in [1.29, 1.82) is 0 Å². The standard InChI is InChI=1S/C12H18N6S/c1-14-12-16-10-8-7-15-17-11(8)18(5-2-4-13)6-3-9(10)19-12/h7H,2-6,13H2,1H3,(H,14,16)(H,15,17). The van der Waals surface area contributed by atoms with Crippen molar-refractivity contribution in [3.05, 3.63) is 11.1 Å². The number of thiazole rings is 1. The number of nitrogens with zero attached hydrogens (tertiary/aromatic N) is 3. The molecular formula is C12H18N6S. The van der Waals surface area contributed by atoms with E-state index in [1.807, 2.05) is 13.2 Å². The monoisotopic (exact) mass is 278 g/mol. The Kier molecular flexibility index (Phi) is 3.39. The number of fused-ring (bicyclic) bond motifs is 3. The van der Waals surface area contributed by atoms with E-state index in [0.29, 0.717) is 6.54 Å². The lowest BCUT2D eigenvalue weighted by atomic mass is 10.2. The van der Waals surface area contributed by atoms with E-state index in [1.165, 1.54) is 4.88 Å². The minimum Gasteiger partial charge on any atom is -0.365 e. The smallest absolute Gasteiger partial charge is 0.183 e. The molecule has 102 valence electrons. The van der Waals surface area contributed by atoms with E-state index in [4.69, 9.17) is 5.73 Å². The third-order valence-corrected chi connectivity index (χ3v) is 4.48. The Morgan fingerprint density at radius 2 is 2.47 bits per heavy atom. The van der Waals surface area contributed by atoms with E-state index in [9.17, 15) is 0 Å². The van der Waals surface area contributed by atoms with Crippen LogP contribution in [0.2, 0.25) is 0 Å². The summed E-state index contributed by atoms with van der Waals surface area (Å²) in [5, 5.41) is 11.4. The van der Waals surface area contributed by atoms with Gasteiger partial charge in [-0.1, -0.05) is 0 Å². The third-order valence-electron chi connectivity index (χ3n) is 3.34. The summed E-state index contributed by atoms with van der Waals surface area (Å²) in [6.45, 7) is 2.65. The number of nitrogens with two attached hydrogens (primary N) is 1. The normalized spacial score (nSPS) is 13.9. The molecule has 7 heteroatoms. The Balaban J connectivity index is 1.98. The van der Waals surface area contributed by atoms with Crippen molar-refractivity contribution >= 4 is 22.3 Å².